The Kier molecular flexibility index (Phi) is 9.09. The van der Waals surface area contributed by atoms with Gasteiger partial charge in [-0.05, 0) is 119 Å². The molecule has 0 amide bonds. The Morgan fingerprint density at radius 1 is 0.630 bits per heavy atom. The van der Waals surface area contributed by atoms with E-state index in [-0.39, 0.29) is 5.41 Å². The molecule has 2 N–H and O–H groups in total. The molecule has 264 valence electrons. The molecule has 0 atom stereocenters. The minimum Gasteiger partial charge on any atom is -0.354 e. The first-order chi connectivity index (χ1) is 26.3. The average molecular weight is 700 g/mol. The zero-order valence-corrected chi connectivity index (χ0v) is 31.6. The van der Waals surface area contributed by atoms with Gasteiger partial charge < -0.3 is 10.2 Å². The van der Waals surface area contributed by atoms with Gasteiger partial charge in [0.05, 0.1) is 11.4 Å². The summed E-state index contributed by atoms with van der Waals surface area (Å²) in [6.07, 6.45) is 8.62. The van der Waals surface area contributed by atoms with E-state index in [0.717, 1.165) is 56.3 Å². The number of fused-ring (bicyclic) bond motifs is 4. The Hall–Kier alpha value is -6.45. The van der Waals surface area contributed by atoms with Crippen LogP contribution in [0.4, 0.5) is 17.1 Å². The Bertz CT molecular complexity index is 2510. The Balaban J connectivity index is 1.20. The van der Waals surface area contributed by atoms with Gasteiger partial charge in [-0.3, -0.25) is 5.41 Å². The van der Waals surface area contributed by atoms with Crippen molar-refractivity contribution in [2.45, 2.75) is 40.0 Å². The van der Waals surface area contributed by atoms with Gasteiger partial charge in [0.1, 0.15) is 0 Å². The van der Waals surface area contributed by atoms with E-state index in [0.29, 0.717) is 5.71 Å². The Labute approximate surface area is 319 Å². The standard InChI is InChI=1S/C51H45N3/c1-6-15-35(7-2)36-22-26-40(27-23-36)54(42-30-31-45-44-20-13-14-21-46(44)51(4,5)47(45)33-42)41-28-24-37(25-29-41)48-32-39-18-11-12-19-43(39)50(53-48)34(3)49(52)38-16-9-8-10-17-38/h6-33,52-53H,1-5H3/b15-6-,35-7+,50-34-,52-49?. The van der Waals surface area contributed by atoms with Crippen LogP contribution in [0.3, 0.4) is 0 Å². The lowest BCUT2D eigenvalue weighted by atomic mass is 9.82. The highest BCUT2D eigenvalue weighted by Crippen LogP contribution is 2.50. The molecule has 6 aromatic carbocycles. The molecule has 0 fully saturated rings. The molecule has 0 unspecified atom stereocenters. The summed E-state index contributed by atoms with van der Waals surface area (Å²) in [5, 5.41) is 12.8. The second-order valence-corrected chi connectivity index (χ2v) is 14.6. The van der Waals surface area contributed by atoms with E-state index in [9.17, 15) is 0 Å². The number of hydrogen-bond acceptors (Lipinski definition) is 3. The molecule has 1 aliphatic carbocycles. The first kappa shape index (κ1) is 34.6. The van der Waals surface area contributed by atoms with Crippen molar-refractivity contribution >= 4 is 45.8 Å². The summed E-state index contributed by atoms with van der Waals surface area (Å²) in [6, 6.07) is 51.9. The molecule has 3 heteroatoms. The number of hydrogen-bond donors (Lipinski definition) is 2. The smallest absolute Gasteiger partial charge is 0.0662 e. The fourth-order valence-corrected chi connectivity index (χ4v) is 8.05. The maximum atomic E-state index is 9.07. The molecular formula is C51H45N3. The number of rotatable bonds is 8. The van der Waals surface area contributed by atoms with E-state index in [1.807, 2.05) is 37.3 Å². The van der Waals surface area contributed by atoms with Crippen LogP contribution in [0.15, 0.2) is 169 Å². The molecular weight excluding hydrogens is 655 g/mol. The predicted molar refractivity (Wildman–Crippen MR) is 230 cm³/mol. The maximum Gasteiger partial charge on any atom is 0.0662 e. The molecule has 2 aliphatic rings. The number of allylic oxidation sites excluding steroid dienone is 5. The summed E-state index contributed by atoms with van der Waals surface area (Å²) in [4.78, 5) is 2.37. The third kappa shape index (κ3) is 6.12. The van der Waals surface area contributed by atoms with Crippen molar-refractivity contribution in [1.29, 1.82) is 5.41 Å². The molecule has 0 saturated carbocycles. The van der Waals surface area contributed by atoms with Crippen molar-refractivity contribution in [1.82, 2.24) is 5.32 Å². The van der Waals surface area contributed by atoms with Crippen molar-refractivity contribution in [3.8, 4) is 11.1 Å². The van der Waals surface area contributed by atoms with Crippen LogP contribution in [0.25, 0.3) is 34.2 Å². The second kappa shape index (κ2) is 14.2. The Morgan fingerprint density at radius 3 is 1.94 bits per heavy atom. The van der Waals surface area contributed by atoms with Crippen LogP contribution in [0.5, 0.6) is 0 Å². The fourth-order valence-electron chi connectivity index (χ4n) is 8.05. The molecule has 0 saturated heterocycles. The summed E-state index contributed by atoms with van der Waals surface area (Å²) < 4.78 is 0. The van der Waals surface area contributed by atoms with Gasteiger partial charge >= 0.3 is 0 Å². The van der Waals surface area contributed by atoms with Crippen LogP contribution in [-0.2, 0) is 5.41 Å². The average Bonchev–Trinajstić information content (AvgIpc) is 3.45. The van der Waals surface area contributed by atoms with Gasteiger partial charge in [-0.25, -0.2) is 0 Å². The monoisotopic (exact) mass is 699 g/mol. The largest absolute Gasteiger partial charge is 0.354 e. The lowest BCUT2D eigenvalue weighted by Gasteiger charge is -2.29. The number of nitrogens with one attached hydrogen (secondary N) is 2. The minimum absolute atomic E-state index is 0.107. The normalized spacial score (nSPS) is 15.1. The summed E-state index contributed by atoms with van der Waals surface area (Å²) >= 11 is 0. The van der Waals surface area contributed by atoms with Crippen LogP contribution in [-0.4, -0.2) is 5.71 Å². The summed E-state index contributed by atoms with van der Waals surface area (Å²) in [5.74, 6) is 0. The predicted octanol–water partition coefficient (Wildman–Crippen LogP) is 13.3. The van der Waals surface area contributed by atoms with Gasteiger partial charge in [0.2, 0.25) is 0 Å². The molecule has 1 heterocycles. The van der Waals surface area contributed by atoms with Gasteiger partial charge in [0, 0.05) is 33.7 Å². The topological polar surface area (TPSA) is 39.1 Å². The molecule has 1 aliphatic heterocycles. The van der Waals surface area contributed by atoms with Crippen molar-refractivity contribution in [2.75, 3.05) is 4.90 Å². The Morgan fingerprint density at radius 2 is 1.24 bits per heavy atom. The van der Waals surface area contributed by atoms with Crippen molar-refractivity contribution in [3.05, 3.63) is 208 Å². The third-order valence-corrected chi connectivity index (χ3v) is 11.0. The van der Waals surface area contributed by atoms with Crippen LogP contribution >= 0.6 is 0 Å². The van der Waals surface area contributed by atoms with Crippen LogP contribution in [0.2, 0.25) is 0 Å². The van der Waals surface area contributed by atoms with Gasteiger partial charge in [-0.2, -0.15) is 0 Å². The number of anilines is 3. The molecule has 54 heavy (non-hydrogen) atoms. The molecule has 0 radical (unpaired) electrons. The summed E-state index contributed by atoms with van der Waals surface area (Å²) in [5.41, 5.74) is 18.5. The van der Waals surface area contributed by atoms with E-state index in [2.05, 4.69) is 177 Å². The highest BCUT2D eigenvalue weighted by Gasteiger charge is 2.35. The highest BCUT2D eigenvalue weighted by atomic mass is 15.1. The van der Waals surface area contributed by atoms with Gasteiger partial charge in [0.25, 0.3) is 0 Å². The minimum atomic E-state index is -0.107. The first-order valence-corrected chi connectivity index (χ1v) is 18.8. The maximum absolute atomic E-state index is 9.07. The number of nitrogens with zero attached hydrogens (tertiary/aromatic N) is 1. The van der Waals surface area contributed by atoms with E-state index in [1.54, 1.807) is 0 Å². The summed E-state index contributed by atoms with van der Waals surface area (Å²) in [6.45, 7) is 10.9. The van der Waals surface area contributed by atoms with Gasteiger partial charge in [0.15, 0.2) is 0 Å². The number of benzene rings is 6. The molecule has 0 aromatic heterocycles. The lowest BCUT2D eigenvalue weighted by Crippen LogP contribution is -2.20. The van der Waals surface area contributed by atoms with Gasteiger partial charge in [-0.15, -0.1) is 0 Å². The van der Waals surface area contributed by atoms with Crippen LogP contribution in [0.1, 0.15) is 73.6 Å². The highest BCUT2D eigenvalue weighted by molar-refractivity contribution is 6.15. The fraction of sp³-hybridized carbons (Fsp3) is 0.118. The molecule has 0 bridgehead atoms. The lowest BCUT2D eigenvalue weighted by molar-refractivity contribution is 0.660. The molecule has 8 rings (SSSR count). The third-order valence-electron chi connectivity index (χ3n) is 11.0. The molecule has 0 spiro atoms. The van der Waals surface area contributed by atoms with Crippen molar-refractivity contribution in [3.63, 3.8) is 0 Å². The van der Waals surface area contributed by atoms with E-state index in [1.165, 1.54) is 33.4 Å². The summed E-state index contributed by atoms with van der Waals surface area (Å²) in [7, 11) is 0. The van der Waals surface area contributed by atoms with E-state index >= 15 is 0 Å². The van der Waals surface area contributed by atoms with Crippen LogP contribution in [0, 0.1) is 5.41 Å². The molecule has 3 nitrogen and oxygen atoms in total. The first-order valence-electron chi connectivity index (χ1n) is 18.8. The van der Waals surface area contributed by atoms with Crippen molar-refractivity contribution < 1.29 is 0 Å². The van der Waals surface area contributed by atoms with E-state index in [4.69, 9.17) is 5.41 Å². The van der Waals surface area contributed by atoms with E-state index < -0.39 is 0 Å². The van der Waals surface area contributed by atoms with Crippen molar-refractivity contribution in [2.24, 2.45) is 0 Å². The SMILES string of the molecule is C/C=C\C(=C/C)c1ccc(N(c2ccc(C3=Cc4ccccc4/C(=C(\C)C(=N)c4ccccc4)N3)cc2)c2ccc3c(c2)C(C)(C)c2ccccc2-3)cc1. The van der Waals surface area contributed by atoms with Gasteiger partial charge in [-0.1, -0.05) is 141 Å². The zero-order chi connectivity index (χ0) is 37.4. The quantitative estimate of drug-likeness (QED) is 0.123. The zero-order valence-electron chi connectivity index (χ0n) is 31.6. The van der Waals surface area contributed by atoms with Crippen LogP contribution < -0.4 is 10.2 Å². The second-order valence-electron chi connectivity index (χ2n) is 14.6. The molecule has 6 aromatic rings.